The second kappa shape index (κ2) is 5.85. The summed E-state index contributed by atoms with van der Waals surface area (Å²) in [4.78, 5) is 4.14. The molecule has 1 aromatic carbocycles. The molecule has 0 bridgehead atoms. The molecule has 0 aliphatic heterocycles. The predicted molar refractivity (Wildman–Crippen MR) is 72.9 cm³/mol. The lowest BCUT2D eigenvalue weighted by molar-refractivity contribution is 0.616. The first-order chi connectivity index (χ1) is 8.16. The summed E-state index contributed by atoms with van der Waals surface area (Å²) < 4.78 is 14.3. The van der Waals surface area contributed by atoms with E-state index in [0.29, 0.717) is 16.3 Å². The Bertz CT molecular complexity index is 536. The maximum atomic E-state index is 13.6. The first kappa shape index (κ1) is 12.9. The number of thioether (sulfide) groups is 1. The number of halogens is 3. The molecule has 1 heterocycles. The number of pyridine rings is 1. The van der Waals surface area contributed by atoms with Crippen molar-refractivity contribution in [1.82, 2.24) is 4.98 Å². The van der Waals surface area contributed by atoms with E-state index >= 15 is 0 Å². The van der Waals surface area contributed by atoms with Crippen LogP contribution in [0.15, 0.2) is 46.0 Å². The van der Waals surface area contributed by atoms with E-state index in [1.54, 1.807) is 24.4 Å². The fraction of sp³-hybridized carbons (Fsp3) is 0.0833. The molecule has 0 amide bonds. The molecule has 17 heavy (non-hydrogen) atoms. The van der Waals surface area contributed by atoms with E-state index in [2.05, 4.69) is 20.9 Å². The number of hydrogen-bond acceptors (Lipinski definition) is 2. The average molecular weight is 333 g/mol. The molecule has 1 aromatic heterocycles. The van der Waals surface area contributed by atoms with Crippen LogP contribution in [0.4, 0.5) is 4.39 Å². The number of hydrogen-bond donors (Lipinski definition) is 0. The monoisotopic (exact) mass is 331 g/mol. The fourth-order valence-corrected chi connectivity index (χ4v) is 2.75. The molecule has 0 N–H and O–H groups in total. The standard InChI is InChI=1S/C12H8BrClFNS/c13-9-4-3-8(11(15)6-9)7-17-12-10(14)2-1-5-16-12/h1-6H,7H2. The molecular formula is C12H8BrClFNS. The van der Waals surface area contributed by atoms with Crippen LogP contribution in [0.1, 0.15) is 5.56 Å². The van der Waals surface area contributed by atoms with Gasteiger partial charge in [-0.1, -0.05) is 33.6 Å². The molecule has 0 saturated heterocycles. The number of rotatable bonds is 3. The summed E-state index contributed by atoms with van der Waals surface area (Å²) in [6.07, 6.45) is 1.67. The van der Waals surface area contributed by atoms with Crippen molar-refractivity contribution in [3.8, 4) is 0 Å². The maximum absolute atomic E-state index is 13.6. The molecule has 0 fully saturated rings. The van der Waals surface area contributed by atoms with Crippen LogP contribution in [0.5, 0.6) is 0 Å². The van der Waals surface area contributed by atoms with Crippen molar-refractivity contribution in [3.05, 3.63) is 57.4 Å². The molecule has 0 unspecified atom stereocenters. The quantitative estimate of drug-likeness (QED) is 0.739. The normalized spacial score (nSPS) is 10.5. The third-order valence-corrected chi connectivity index (χ3v) is 4.07. The van der Waals surface area contributed by atoms with Gasteiger partial charge in [0.15, 0.2) is 0 Å². The number of benzene rings is 1. The van der Waals surface area contributed by atoms with Crippen molar-refractivity contribution in [2.45, 2.75) is 10.8 Å². The van der Waals surface area contributed by atoms with Crippen LogP contribution in [0.2, 0.25) is 5.02 Å². The zero-order valence-electron chi connectivity index (χ0n) is 8.66. The number of nitrogens with zero attached hydrogens (tertiary/aromatic N) is 1. The van der Waals surface area contributed by atoms with Gasteiger partial charge in [-0.2, -0.15) is 0 Å². The first-order valence-electron chi connectivity index (χ1n) is 4.84. The molecule has 0 aliphatic carbocycles. The van der Waals surface area contributed by atoms with Gasteiger partial charge in [-0.25, -0.2) is 9.37 Å². The lowest BCUT2D eigenvalue weighted by Gasteiger charge is -2.04. The van der Waals surface area contributed by atoms with Crippen LogP contribution in [0, 0.1) is 5.82 Å². The average Bonchev–Trinajstić information content (AvgIpc) is 2.30. The van der Waals surface area contributed by atoms with E-state index in [1.165, 1.54) is 17.8 Å². The molecule has 0 aliphatic rings. The highest BCUT2D eigenvalue weighted by Gasteiger charge is 2.06. The summed E-state index contributed by atoms with van der Waals surface area (Å²) in [7, 11) is 0. The van der Waals surface area contributed by atoms with Gasteiger partial charge in [-0.05, 0) is 29.8 Å². The Morgan fingerprint density at radius 3 is 2.88 bits per heavy atom. The van der Waals surface area contributed by atoms with Crippen molar-refractivity contribution in [1.29, 1.82) is 0 Å². The van der Waals surface area contributed by atoms with Crippen molar-refractivity contribution in [3.63, 3.8) is 0 Å². The van der Waals surface area contributed by atoms with Crippen LogP contribution in [-0.4, -0.2) is 4.98 Å². The highest BCUT2D eigenvalue weighted by molar-refractivity contribution is 9.10. The predicted octanol–water partition coefficient (Wildman–Crippen LogP) is 4.93. The molecular weight excluding hydrogens is 325 g/mol. The summed E-state index contributed by atoms with van der Waals surface area (Å²) >= 11 is 10.6. The van der Waals surface area contributed by atoms with Crippen LogP contribution < -0.4 is 0 Å². The van der Waals surface area contributed by atoms with E-state index in [9.17, 15) is 4.39 Å². The van der Waals surface area contributed by atoms with Crippen LogP contribution in [0.3, 0.4) is 0 Å². The van der Waals surface area contributed by atoms with Gasteiger partial charge in [0.05, 0.1) is 5.02 Å². The van der Waals surface area contributed by atoms with Crippen molar-refractivity contribution < 1.29 is 4.39 Å². The molecule has 5 heteroatoms. The SMILES string of the molecule is Fc1cc(Br)ccc1CSc1ncccc1Cl. The summed E-state index contributed by atoms with van der Waals surface area (Å²) in [5.41, 5.74) is 0.639. The molecule has 2 rings (SSSR count). The Morgan fingerprint density at radius 2 is 2.18 bits per heavy atom. The minimum absolute atomic E-state index is 0.223. The minimum atomic E-state index is -0.223. The topological polar surface area (TPSA) is 12.9 Å². The van der Waals surface area contributed by atoms with Gasteiger partial charge in [0, 0.05) is 16.4 Å². The highest BCUT2D eigenvalue weighted by Crippen LogP contribution is 2.28. The smallest absolute Gasteiger partial charge is 0.128 e. The van der Waals surface area contributed by atoms with Gasteiger partial charge in [-0.15, -0.1) is 11.8 Å². The van der Waals surface area contributed by atoms with Gasteiger partial charge in [0.1, 0.15) is 10.8 Å². The molecule has 88 valence electrons. The Labute approximate surface area is 117 Å². The molecule has 0 saturated carbocycles. The van der Waals surface area contributed by atoms with Crippen molar-refractivity contribution in [2.75, 3.05) is 0 Å². The second-order valence-electron chi connectivity index (χ2n) is 3.31. The van der Waals surface area contributed by atoms with E-state index in [4.69, 9.17) is 11.6 Å². The lowest BCUT2D eigenvalue weighted by Crippen LogP contribution is -1.88. The lowest BCUT2D eigenvalue weighted by atomic mass is 10.2. The Balaban J connectivity index is 2.10. The second-order valence-corrected chi connectivity index (χ2v) is 5.60. The molecule has 0 radical (unpaired) electrons. The van der Waals surface area contributed by atoms with Gasteiger partial charge < -0.3 is 0 Å². The zero-order chi connectivity index (χ0) is 12.3. The third-order valence-electron chi connectivity index (χ3n) is 2.10. The largest absolute Gasteiger partial charge is 0.248 e. The molecule has 0 spiro atoms. The van der Waals surface area contributed by atoms with Gasteiger partial charge >= 0.3 is 0 Å². The summed E-state index contributed by atoms with van der Waals surface area (Å²) in [6, 6.07) is 8.57. The molecule has 0 atom stereocenters. The van der Waals surface area contributed by atoms with Gasteiger partial charge in [0.25, 0.3) is 0 Å². The van der Waals surface area contributed by atoms with Crippen molar-refractivity contribution in [2.24, 2.45) is 0 Å². The van der Waals surface area contributed by atoms with E-state index in [-0.39, 0.29) is 5.82 Å². The highest BCUT2D eigenvalue weighted by atomic mass is 79.9. The summed E-state index contributed by atoms with van der Waals surface area (Å²) in [6.45, 7) is 0. The van der Waals surface area contributed by atoms with E-state index in [0.717, 1.165) is 9.50 Å². The molecule has 1 nitrogen and oxygen atoms in total. The van der Waals surface area contributed by atoms with Gasteiger partial charge in [-0.3, -0.25) is 0 Å². The van der Waals surface area contributed by atoms with Crippen molar-refractivity contribution >= 4 is 39.3 Å². The van der Waals surface area contributed by atoms with Crippen LogP contribution >= 0.6 is 39.3 Å². The maximum Gasteiger partial charge on any atom is 0.128 e. The Kier molecular flexibility index (Phi) is 4.42. The Hall–Kier alpha value is -0.580. The van der Waals surface area contributed by atoms with E-state index in [1.807, 2.05) is 6.07 Å². The van der Waals surface area contributed by atoms with E-state index < -0.39 is 0 Å². The zero-order valence-corrected chi connectivity index (χ0v) is 11.8. The minimum Gasteiger partial charge on any atom is -0.248 e. The summed E-state index contributed by atoms with van der Waals surface area (Å²) in [5, 5.41) is 1.31. The number of aromatic nitrogens is 1. The molecule has 2 aromatic rings. The van der Waals surface area contributed by atoms with Crippen LogP contribution in [-0.2, 0) is 5.75 Å². The van der Waals surface area contributed by atoms with Gasteiger partial charge in [0.2, 0.25) is 0 Å². The summed E-state index contributed by atoms with van der Waals surface area (Å²) in [5.74, 6) is 0.287. The Morgan fingerprint density at radius 1 is 1.35 bits per heavy atom. The fourth-order valence-electron chi connectivity index (χ4n) is 1.26. The third kappa shape index (κ3) is 3.44. The van der Waals surface area contributed by atoms with Crippen LogP contribution in [0.25, 0.3) is 0 Å². The first-order valence-corrected chi connectivity index (χ1v) is 7.00.